The van der Waals surface area contributed by atoms with Gasteiger partial charge < -0.3 is 5.11 Å². The monoisotopic (exact) mass is 112 g/mol. The molecule has 2 nitrogen and oxygen atoms in total. The maximum atomic E-state index is 10.3. The molecule has 0 bridgehead atoms. The number of rotatable bonds is 1. The molecule has 1 saturated carbocycles. The molecule has 1 rings (SSSR count). The minimum Gasteiger partial charge on any atom is -0.385 e. The number of aliphatic hydroxyl groups excluding tert-OH is 1. The molecule has 0 aliphatic heterocycles. The van der Waals surface area contributed by atoms with Gasteiger partial charge >= 0.3 is 0 Å². The average molecular weight is 112 g/mol. The number of aliphatic hydroxyl groups is 1. The second kappa shape index (κ2) is 1.71. The summed E-state index contributed by atoms with van der Waals surface area (Å²) in [5.41, 5.74) is 0. The van der Waals surface area contributed by atoms with E-state index in [2.05, 4.69) is 6.58 Å². The standard InChI is InChI=1S/C6H8O2/c1-2-4-3-5(7)6(4)8/h2,4,6,8H,1,3H2. The van der Waals surface area contributed by atoms with Crippen LogP contribution >= 0.6 is 0 Å². The van der Waals surface area contributed by atoms with E-state index in [1.165, 1.54) is 0 Å². The van der Waals surface area contributed by atoms with E-state index >= 15 is 0 Å². The van der Waals surface area contributed by atoms with E-state index in [4.69, 9.17) is 5.11 Å². The topological polar surface area (TPSA) is 37.3 Å². The van der Waals surface area contributed by atoms with Gasteiger partial charge in [-0.1, -0.05) is 6.08 Å². The molecule has 1 N–H and O–H groups in total. The largest absolute Gasteiger partial charge is 0.385 e. The van der Waals surface area contributed by atoms with Crippen LogP contribution in [0.15, 0.2) is 12.7 Å². The molecule has 0 aromatic heterocycles. The third kappa shape index (κ3) is 0.574. The zero-order chi connectivity index (χ0) is 6.15. The molecule has 2 heteroatoms. The summed E-state index contributed by atoms with van der Waals surface area (Å²) in [5, 5.41) is 8.76. The molecule has 2 atom stereocenters. The van der Waals surface area contributed by atoms with Gasteiger partial charge in [0.25, 0.3) is 0 Å². The lowest BCUT2D eigenvalue weighted by molar-refractivity contribution is -0.139. The first kappa shape index (κ1) is 5.51. The van der Waals surface area contributed by atoms with Crippen molar-refractivity contribution in [2.45, 2.75) is 12.5 Å². The highest BCUT2D eigenvalue weighted by molar-refractivity contribution is 5.89. The second-order valence-corrected chi connectivity index (χ2v) is 2.01. The lowest BCUT2D eigenvalue weighted by Gasteiger charge is -2.27. The van der Waals surface area contributed by atoms with E-state index < -0.39 is 6.10 Å². The summed E-state index contributed by atoms with van der Waals surface area (Å²) in [6.07, 6.45) is 1.35. The summed E-state index contributed by atoms with van der Waals surface area (Å²) in [5.74, 6) is -0.0302. The molecule has 0 saturated heterocycles. The number of carbonyl (C=O) groups is 1. The summed E-state index contributed by atoms with van der Waals surface area (Å²) in [7, 11) is 0. The van der Waals surface area contributed by atoms with E-state index in [1.54, 1.807) is 6.08 Å². The van der Waals surface area contributed by atoms with E-state index in [9.17, 15) is 4.79 Å². The molecule has 0 radical (unpaired) electrons. The molecular formula is C6H8O2. The highest BCUT2D eigenvalue weighted by Gasteiger charge is 2.35. The maximum Gasteiger partial charge on any atom is 0.162 e. The van der Waals surface area contributed by atoms with Gasteiger partial charge in [0.05, 0.1) is 0 Å². The number of hydrogen-bond acceptors (Lipinski definition) is 2. The Hall–Kier alpha value is -0.630. The summed E-state index contributed by atoms with van der Waals surface area (Å²) >= 11 is 0. The van der Waals surface area contributed by atoms with E-state index in [-0.39, 0.29) is 11.7 Å². The molecule has 8 heavy (non-hydrogen) atoms. The fourth-order valence-corrected chi connectivity index (χ4v) is 0.755. The van der Waals surface area contributed by atoms with Crippen LogP contribution in [0.1, 0.15) is 6.42 Å². The molecule has 0 aromatic rings. The lowest BCUT2D eigenvalue weighted by Crippen LogP contribution is -2.40. The van der Waals surface area contributed by atoms with Crippen molar-refractivity contribution < 1.29 is 9.90 Å². The number of Topliss-reactive ketones (excluding diaryl/α,β-unsaturated/α-hetero) is 1. The Balaban J connectivity index is 2.47. The Morgan fingerprint density at radius 2 is 2.50 bits per heavy atom. The molecule has 0 spiro atoms. The first-order valence-corrected chi connectivity index (χ1v) is 2.59. The summed E-state index contributed by atoms with van der Waals surface area (Å²) in [6.45, 7) is 3.46. The van der Waals surface area contributed by atoms with Crippen molar-refractivity contribution in [3.8, 4) is 0 Å². The number of hydrogen-bond donors (Lipinski definition) is 1. The third-order valence-corrected chi connectivity index (χ3v) is 1.48. The van der Waals surface area contributed by atoms with E-state index in [0.717, 1.165) is 0 Å². The number of carbonyl (C=O) groups excluding carboxylic acids is 1. The molecule has 0 amide bonds. The maximum absolute atomic E-state index is 10.3. The van der Waals surface area contributed by atoms with Crippen LogP contribution in [0, 0.1) is 5.92 Å². The fourth-order valence-electron chi connectivity index (χ4n) is 0.755. The lowest BCUT2D eigenvalue weighted by atomic mass is 9.81. The van der Waals surface area contributed by atoms with Gasteiger partial charge in [-0.05, 0) is 0 Å². The van der Waals surface area contributed by atoms with Gasteiger partial charge in [0.2, 0.25) is 0 Å². The highest BCUT2D eigenvalue weighted by atomic mass is 16.3. The van der Waals surface area contributed by atoms with Crippen molar-refractivity contribution >= 4 is 5.78 Å². The van der Waals surface area contributed by atoms with Gasteiger partial charge in [-0.2, -0.15) is 0 Å². The van der Waals surface area contributed by atoms with Gasteiger partial charge in [-0.3, -0.25) is 4.79 Å². The van der Waals surface area contributed by atoms with Crippen LogP contribution in [-0.4, -0.2) is 17.0 Å². The predicted molar refractivity (Wildman–Crippen MR) is 29.3 cm³/mol. The Bertz CT molecular complexity index is 128. The summed E-state index contributed by atoms with van der Waals surface area (Å²) in [4.78, 5) is 10.3. The van der Waals surface area contributed by atoms with Crippen LogP contribution < -0.4 is 0 Å². The van der Waals surface area contributed by atoms with Gasteiger partial charge in [0.1, 0.15) is 6.10 Å². The highest BCUT2D eigenvalue weighted by Crippen LogP contribution is 2.23. The quantitative estimate of drug-likeness (QED) is 0.489. The molecule has 2 unspecified atom stereocenters. The van der Waals surface area contributed by atoms with Gasteiger partial charge in [0, 0.05) is 12.3 Å². The second-order valence-electron chi connectivity index (χ2n) is 2.01. The van der Waals surface area contributed by atoms with Crippen molar-refractivity contribution in [2.24, 2.45) is 5.92 Å². The molecule has 1 aliphatic carbocycles. The first-order chi connectivity index (χ1) is 3.75. The smallest absolute Gasteiger partial charge is 0.162 e. The van der Waals surface area contributed by atoms with Gasteiger partial charge in [-0.15, -0.1) is 6.58 Å². The first-order valence-electron chi connectivity index (χ1n) is 2.59. The SMILES string of the molecule is C=CC1CC(=O)C1O. The number of ketones is 1. The minimum absolute atomic E-state index is 0.0301. The van der Waals surface area contributed by atoms with E-state index in [0.29, 0.717) is 6.42 Å². The zero-order valence-electron chi connectivity index (χ0n) is 4.50. The Morgan fingerprint density at radius 1 is 1.88 bits per heavy atom. The van der Waals surface area contributed by atoms with Crippen molar-refractivity contribution in [2.75, 3.05) is 0 Å². The van der Waals surface area contributed by atoms with Crippen LogP contribution in [0.2, 0.25) is 0 Å². The predicted octanol–water partition coefficient (Wildman–Crippen LogP) is 0.122. The summed E-state index contributed by atoms with van der Waals surface area (Å²) in [6, 6.07) is 0. The van der Waals surface area contributed by atoms with Crippen LogP contribution in [-0.2, 0) is 4.79 Å². The normalized spacial score (nSPS) is 36.4. The third-order valence-electron chi connectivity index (χ3n) is 1.48. The zero-order valence-corrected chi connectivity index (χ0v) is 4.50. The van der Waals surface area contributed by atoms with Gasteiger partial charge in [0.15, 0.2) is 5.78 Å². The fraction of sp³-hybridized carbons (Fsp3) is 0.500. The van der Waals surface area contributed by atoms with Crippen LogP contribution in [0.5, 0.6) is 0 Å². The summed E-state index contributed by atoms with van der Waals surface area (Å²) < 4.78 is 0. The average Bonchev–Trinajstić information content (AvgIpc) is 1.81. The van der Waals surface area contributed by atoms with Crippen molar-refractivity contribution in [3.05, 3.63) is 12.7 Å². The van der Waals surface area contributed by atoms with Crippen molar-refractivity contribution in [1.29, 1.82) is 0 Å². The van der Waals surface area contributed by atoms with E-state index in [1.807, 2.05) is 0 Å². The Labute approximate surface area is 47.8 Å². The molecule has 0 heterocycles. The van der Waals surface area contributed by atoms with Crippen LogP contribution in [0.25, 0.3) is 0 Å². The van der Waals surface area contributed by atoms with Crippen LogP contribution in [0.3, 0.4) is 0 Å². The van der Waals surface area contributed by atoms with Gasteiger partial charge in [-0.25, -0.2) is 0 Å². The molecule has 0 aromatic carbocycles. The van der Waals surface area contributed by atoms with Crippen molar-refractivity contribution in [1.82, 2.24) is 0 Å². The van der Waals surface area contributed by atoms with Crippen LogP contribution in [0.4, 0.5) is 0 Å². The molecule has 44 valence electrons. The minimum atomic E-state index is -0.743. The Morgan fingerprint density at radius 3 is 2.62 bits per heavy atom. The molecule has 1 aliphatic rings. The molecule has 1 fully saturated rings. The molecular weight excluding hydrogens is 104 g/mol. The van der Waals surface area contributed by atoms with Crippen molar-refractivity contribution in [3.63, 3.8) is 0 Å². The Kier molecular flexibility index (Phi) is 1.18.